The number of piperidine rings is 1. The third kappa shape index (κ3) is 3.86. The van der Waals surface area contributed by atoms with Gasteiger partial charge in [0.05, 0.1) is 13.1 Å². The van der Waals surface area contributed by atoms with Crippen LogP contribution >= 0.6 is 0 Å². The van der Waals surface area contributed by atoms with Crippen molar-refractivity contribution in [1.82, 2.24) is 18.7 Å². The molecule has 1 saturated heterocycles. The quantitative estimate of drug-likeness (QED) is 0.632. The lowest BCUT2D eigenvalue weighted by Crippen LogP contribution is -2.44. The SMILES string of the molecule is CC#CCn1c(N2CCCC(N)C2)nc2c1c(=O)n(Cc1cccc(F)c1)c(=O)n2C. The number of anilines is 1. The minimum Gasteiger partial charge on any atom is -0.341 e. The average Bonchev–Trinajstić information content (AvgIpc) is 3.13. The van der Waals surface area contributed by atoms with Crippen molar-refractivity contribution in [3.05, 3.63) is 56.5 Å². The number of rotatable bonds is 4. The summed E-state index contributed by atoms with van der Waals surface area (Å²) >= 11 is 0. The molecule has 2 aromatic heterocycles. The van der Waals surface area contributed by atoms with Gasteiger partial charge in [0.2, 0.25) is 5.95 Å². The summed E-state index contributed by atoms with van der Waals surface area (Å²) in [6.07, 6.45) is 1.86. The number of hydrogen-bond donors (Lipinski definition) is 1. The Hall–Kier alpha value is -3.38. The van der Waals surface area contributed by atoms with Crippen LogP contribution in [0.1, 0.15) is 25.3 Å². The first kappa shape index (κ1) is 20.9. The van der Waals surface area contributed by atoms with Gasteiger partial charge in [-0.15, -0.1) is 5.92 Å². The highest BCUT2D eigenvalue weighted by atomic mass is 19.1. The third-order valence-corrected chi connectivity index (χ3v) is 5.60. The average molecular weight is 424 g/mol. The van der Waals surface area contributed by atoms with Gasteiger partial charge in [0, 0.05) is 26.2 Å². The van der Waals surface area contributed by atoms with E-state index in [9.17, 15) is 14.0 Å². The Labute approximate surface area is 178 Å². The molecule has 9 heteroatoms. The summed E-state index contributed by atoms with van der Waals surface area (Å²) < 4.78 is 17.9. The number of fused-ring (bicyclic) bond motifs is 1. The predicted molar refractivity (Wildman–Crippen MR) is 118 cm³/mol. The summed E-state index contributed by atoms with van der Waals surface area (Å²) in [6, 6.07) is 5.89. The van der Waals surface area contributed by atoms with Crippen LogP contribution < -0.4 is 21.9 Å². The molecule has 3 aromatic rings. The molecule has 2 N–H and O–H groups in total. The van der Waals surface area contributed by atoms with Gasteiger partial charge in [0.15, 0.2) is 11.2 Å². The van der Waals surface area contributed by atoms with Crippen LogP contribution in [0.2, 0.25) is 0 Å². The van der Waals surface area contributed by atoms with E-state index in [0.717, 1.165) is 24.0 Å². The van der Waals surface area contributed by atoms with Gasteiger partial charge in [0.1, 0.15) is 5.82 Å². The monoisotopic (exact) mass is 424 g/mol. The normalized spacial score (nSPS) is 16.4. The van der Waals surface area contributed by atoms with E-state index in [4.69, 9.17) is 5.73 Å². The van der Waals surface area contributed by atoms with Crippen molar-refractivity contribution in [2.45, 2.75) is 38.9 Å². The smallest absolute Gasteiger partial charge is 0.332 e. The molecule has 3 heterocycles. The van der Waals surface area contributed by atoms with E-state index < -0.39 is 17.1 Å². The minimum absolute atomic E-state index is 0.0210. The number of halogens is 1. The van der Waals surface area contributed by atoms with Crippen molar-refractivity contribution in [2.24, 2.45) is 12.8 Å². The van der Waals surface area contributed by atoms with Crippen molar-refractivity contribution in [2.75, 3.05) is 18.0 Å². The van der Waals surface area contributed by atoms with E-state index in [-0.39, 0.29) is 19.1 Å². The molecule has 1 atom stereocenters. The molecule has 31 heavy (non-hydrogen) atoms. The van der Waals surface area contributed by atoms with Crippen molar-refractivity contribution in [3.63, 3.8) is 0 Å². The maximum atomic E-state index is 13.6. The van der Waals surface area contributed by atoms with Gasteiger partial charge in [-0.25, -0.2) is 9.18 Å². The zero-order valence-corrected chi connectivity index (χ0v) is 17.6. The van der Waals surface area contributed by atoms with Crippen LogP contribution in [0.4, 0.5) is 10.3 Å². The van der Waals surface area contributed by atoms with Gasteiger partial charge in [0.25, 0.3) is 5.56 Å². The van der Waals surface area contributed by atoms with Crippen LogP contribution in [-0.2, 0) is 20.1 Å². The Kier molecular flexibility index (Phi) is 5.65. The van der Waals surface area contributed by atoms with Crippen LogP contribution in [0.15, 0.2) is 33.9 Å². The zero-order valence-electron chi connectivity index (χ0n) is 17.6. The predicted octanol–water partition coefficient (Wildman–Crippen LogP) is 1.03. The minimum atomic E-state index is -0.505. The summed E-state index contributed by atoms with van der Waals surface area (Å²) in [5, 5.41) is 0. The molecule has 162 valence electrons. The van der Waals surface area contributed by atoms with E-state index in [2.05, 4.69) is 16.8 Å². The molecule has 1 aromatic carbocycles. The molecule has 0 radical (unpaired) electrons. The molecular formula is C22H25FN6O2. The fourth-order valence-corrected chi connectivity index (χ4v) is 4.06. The summed E-state index contributed by atoms with van der Waals surface area (Å²) in [5.74, 6) is 6.02. The second-order valence-corrected chi connectivity index (χ2v) is 7.81. The molecule has 0 aliphatic carbocycles. The number of aromatic nitrogens is 4. The zero-order chi connectivity index (χ0) is 22.1. The van der Waals surface area contributed by atoms with Gasteiger partial charge < -0.3 is 10.6 Å². The van der Waals surface area contributed by atoms with Gasteiger partial charge in [-0.2, -0.15) is 4.98 Å². The Bertz CT molecular complexity index is 1310. The Morgan fingerprint density at radius 1 is 1.29 bits per heavy atom. The summed E-state index contributed by atoms with van der Waals surface area (Å²) in [6.45, 7) is 3.35. The van der Waals surface area contributed by atoms with Crippen LogP contribution in [0.5, 0.6) is 0 Å². The van der Waals surface area contributed by atoms with Gasteiger partial charge >= 0.3 is 5.69 Å². The highest BCUT2D eigenvalue weighted by molar-refractivity contribution is 5.75. The van der Waals surface area contributed by atoms with Gasteiger partial charge in [-0.1, -0.05) is 18.1 Å². The lowest BCUT2D eigenvalue weighted by molar-refractivity contribution is 0.496. The number of nitrogens with two attached hydrogens (primary N) is 1. The lowest BCUT2D eigenvalue weighted by Gasteiger charge is -2.31. The first-order valence-electron chi connectivity index (χ1n) is 10.3. The molecule has 1 fully saturated rings. The maximum absolute atomic E-state index is 13.6. The Balaban J connectivity index is 1.93. The standard InChI is InChI=1S/C22H25FN6O2/c1-3-4-11-28-18-19(25-21(28)27-10-6-9-17(24)14-27)26(2)22(31)29(20(18)30)13-15-7-5-8-16(23)12-15/h5,7-8,12,17H,6,9-11,13-14,24H2,1-2H3. The van der Waals surface area contributed by atoms with E-state index in [0.29, 0.717) is 29.2 Å². The van der Waals surface area contributed by atoms with E-state index >= 15 is 0 Å². The second-order valence-electron chi connectivity index (χ2n) is 7.81. The molecule has 1 aliphatic rings. The van der Waals surface area contributed by atoms with E-state index in [1.807, 2.05) is 4.90 Å². The van der Waals surface area contributed by atoms with Crippen LogP contribution in [-0.4, -0.2) is 37.8 Å². The fraction of sp³-hybridized carbons (Fsp3) is 0.409. The highest BCUT2D eigenvalue weighted by Gasteiger charge is 2.26. The topological polar surface area (TPSA) is 91.1 Å². The lowest BCUT2D eigenvalue weighted by atomic mass is 10.1. The van der Waals surface area contributed by atoms with E-state index in [1.165, 1.54) is 16.7 Å². The third-order valence-electron chi connectivity index (χ3n) is 5.60. The number of hydrogen-bond acceptors (Lipinski definition) is 5. The number of imidazole rings is 1. The highest BCUT2D eigenvalue weighted by Crippen LogP contribution is 2.22. The van der Waals surface area contributed by atoms with Gasteiger partial charge in [-0.05, 0) is 37.5 Å². The van der Waals surface area contributed by atoms with Crippen LogP contribution in [0, 0.1) is 17.7 Å². The van der Waals surface area contributed by atoms with Crippen molar-refractivity contribution in [1.29, 1.82) is 0 Å². The molecule has 1 aliphatic heterocycles. The molecule has 0 bridgehead atoms. The fourth-order valence-electron chi connectivity index (χ4n) is 4.06. The molecule has 0 amide bonds. The molecule has 0 spiro atoms. The molecule has 4 rings (SSSR count). The summed E-state index contributed by atoms with van der Waals surface area (Å²) in [4.78, 5) is 33.1. The Morgan fingerprint density at radius 3 is 2.81 bits per heavy atom. The van der Waals surface area contributed by atoms with Crippen molar-refractivity contribution >= 4 is 17.1 Å². The van der Waals surface area contributed by atoms with Crippen LogP contribution in [0.25, 0.3) is 11.2 Å². The van der Waals surface area contributed by atoms with Crippen LogP contribution in [0.3, 0.4) is 0 Å². The number of aryl methyl sites for hydroxylation is 1. The first-order chi connectivity index (χ1) is 14.9. The van der Waals surface area contributed by atoms with Crippen molar-refractivity contribution < 1.29 is 4.39 Å². The largest absolute Gasteiger partial charge is 0.341 e. The Morgan fingerprint density at radius 2 is 2.10 bits per heavy atom. The number of benzene rings is 1. The summed E-state index contributed by atoms with van der Waals surface area (Å²) in [5.41, 5.74) is 6.31. The van der Waals surface area contributed by atoms with Crippen molar-refractivity contribution in [3.8, 4) is 11.8 Å². The molecule has 1 unspecified atom stereocenters. The molecular weight excluding hydrogens is 399 g/mol. The summed E-state index contributed by atoms with van der Waals surface area (Å²) in [7, 11) is 1.58. The van der Waals surface area contributed by atoms with Gasteiger partial charge in [-0.3, -0.25) is 18.5 Å². The molecule has 0 saturated carbocycles. The first-order valence-corrected chi connectivity index (χ1v) is 10.3. The second kappa shape index (κ2) is 8.40. The maximum Gasteiger partial charge on any atom is 0.332 e. The molecule has 8 nitrogen and oxygen atoms in total. The number of nitrogens with zero attached hydrogens (tertiary/aromatic N) is 5. The van der Waals surface area contributed by atoms with E-state index in [1.54, 1.807) is 30.7 Å².